The molecule has 100 valence electrons. The molecular formula is C12H14N4O3. The second-order valence-electron chi connectivity index (χ2n) is 4.43. The van der Waals surface area contributed by atoms with Gasteiger partial charge in [0.05, 0.1) is 17.6 Å². The summed E-state index contributed by atoms with van der Waals surface area (Å²) in [4.78, 5) is 16.1. The number of hydrogen-bond donors (Lipinski definition) is 1. The minimum absolute atomic E-state index is 0.0144. The number of pyridine rings is 1. The molecule has 1 atom stereocenters. The van der Waals surface area contributed by atoms with Crippen LogP contribution in [0.1, 0.15) is 25.0 Å². The lowest BCUT2D eigenvalue weighted by atomic mass is 10.0. The first-order valence-electron chi connectivity index (χ1n) is 6.10. The van der Waals surface area contributed by atoms with Crippen molar-refractivity contribution in [3.8, 4) is 6.07 Å². The minimum Gasteiger partial charge on any atom is -0.394 e. The molecule has 0 aromatic carbocycles. The van der Waals surface area contributed by atoms with Gasteiger partial charge in [-0.15, -0.1) is 0 Å². The van der Waals surface area contributed by atoms with Crippen LogP contribution in [0.5, 0.6) is 0 Å². The lowest BCUT2D eigenvalue weighted by Crippen LogP contribution is -2.42. The monoisotopic (exact) mass is 262 g/mol. The van der Waals surface area contributed by atoms with E-state index in [-0.39, 0.29) is 24.0 Å². The Bertz CT molecular complexity index is 526. The zero-order valence-corrected chi connectivity index (χ0v) is 10.3. The molecule has 1 saturated heterocycles. The summed E-state index contributed by atoms with van der Waals surface area (Å²) in [5, 5.41) is 29.0. The summed E-state index contributed by atoms with van der Waals surface area (Å²) in [6.07, 6.45) is 2.88. The number of aliphatic hydroxyl groups is 1. The van der Waals surface area contributed by atoms with Crippen molar-refractivity contribution in [2.45, 2.75) is 25.3 Å². The van der Waals surface area contributed by atoms with Gasteiger partial charge in [0.1, 0.15) is 11.9 Å². The molecule has 2 rings (SSSR count). The van der Waals surface area contributed by atoms with E-state index in [1.165, 1.54) is 12.1 Å². The van der Waals surface area contributed by atoms with Gasteiger partial charge < -0.3 is 10.0 Å². The highest BCUT2D eigenvalue weighted by Crippen LogP contribution is 2.26. The summed E-state index contributed by atoms with van der Waals surface area (Å²) in [5.41, 5.74) is -0.478. The Hall–Kier alpha value is -2.20. The van der Waals surface area contributed by atoms with Gasteiger partial charge in [-0.1, -0.05) is 0 Å². The first-order valence-corrected chi connectivity index (χ1v) is 6.10. The molecule has 7 nitrogen and oxygen atoms in total. The van der Waals surface area contributed by atoms with Crippen molar-refractivity contribution in [2.75, 3.05) is 18.1 Å². The van der Waals surface area contributed by atoms with Gasteiger partial charge in [-0.25, -0.2) is 4.98 Å². The molecule has 1 aliphatic rings. The molecule has 1 N–H and O–H groups in total. The fourth-order valence-corrected chi connectivity index (χ4v) is 2.32. The number of nitriles is 1. The zero-order chi connectivity index (χ0) is 13.8. The summed E-state index contributed by atoms with van der Waals surface area (Å²) in [7, 11) is 0. The summed E-state index contributed by atoms with van der Waals surface area (Å²) in [6, 6.07) is 4.54. The fraction of sp³-hybridized carbons (Fsp3) is 0.500. The van der Waals surface area contributed by atoms with Crippen molar-refractivity contribution in [3.05, 3.63) is 27.9 Å². The van der Waals surface area contributed by atoms with Gasteiger partial charge in [0.25, 0.3) is 0 Å². The van der Waals surface area contributed by atoms with E-state index in [4.69, 9.17) is 5.26 Å². The van der Waals surface area contributed by atoms with E-state index < -0.39 is 4.92 Å². The van der Waals surface area contributed by atoms with Crippen LogP contribution in [0.15, 0.2) is 12.1 Å². The number of piperidine rings is 1. The van der Waals surface area contributed by atoms with Crippen molar-refractivity contribution in [3.63, 3.8) is 0 Å². The Morgan fingerprint density at radius 2 is 2.37 bits per heavy atom. The zero-order valence-electron chi connectivity index (χ0n) is 10.3. The van der Waals surface area contributed by atoms with E-state index in [0.29, 0.717) is 5.82 Å². The van der Waals surface area contributed by atoms with Gasteiger partial charge in [-0.2, -0.15) is 5.26 Å². The van der Waals surface area contributed by atoms with Gasteiger partial charge in [0.2, 0.25) is 5.69 Å². The second kappa shape index (κ2) is 5.63. The lowest BCUT2D eigenvalue weighted by molar-refractivity contribution is -0.385. The molecule has 0 spiro atoms. The number of rotatable bonds is 3. The third-order valence-corrected chi connectivity index (χ3v) is 3.29. The minimum atomic E-state index is -0.616. The molecule has 2 heterocycles. The van der Waals surface area contributed by atoms with Gasteiger partial charge in [-0.05, 0) is 25.3 Å². The quantitative estimate of drug-likeness (QED) is 0.648. The molecule has 0 amide bonds. The number of hydrogen-bond acceptors (Lipinski definition) is 6. The number of aliphatic hydroxyl groups excluding tert-OH is 1. The van der Waals surface area contributed by atoms with Gasteiger partial charge in [0, 0.05) is 12.6 Å². The molecule has 1 aromatic heterocycles. The van der Waals surface area contributed by atoms with Gasteiger partial charge in [0.15, 0.2) is 0 Å². The average Bonchev–Trinajstić information content (AvgIpc) is 2.46. The van der Waals surface area contributed by atoms with E-state index >= 15 is 0 Å². The lowest BCUT2D eigenvalue weighted by Gasteiger charge is -2.35. The topological polar surface area (TPSA) is 103 Å². The molecular weight excluding hydrogens is 248 g/mol. The summed E-state index contributed by atoms with van der Waals surface area (Å²) in [5.74, 6) is 0.515. The normalized spacial score (nSPS) is 18.9. The van der Waals surface area contributed by atoms with E-state index in [0.717, 1.165) is 25.8 Å². The van der Waals surface area contributed by atoms with Crippen LogP contribution in [0, 0.1) is 21.4 Å². The Labute approximate surface area is 110 Å². The molecule has 0 saturated carbocycles. The van der Waals surface area contributed by atoms with Gasteiger partial charge >= 0.3 is 5.69 Å². The smallest absolute Gasteiger partial charge is 0.305 e. The van der Waals surface area contributed by atoms with Crippen LogP contribution in [0.4, 0.5) is 11.5 Å². The molecule has 19 heavy (non-hydrogen) atoms. The molecule has 1 fully saturated rings. The average molecular weight is 262 g/mol. The molecule has 0 bridgehead atoms. The summed E-state index contributed by atoms with van der Waals surface area (Å²) >= 11 is 0. The molecule has 1 aliphatic heterocycles. The third kappa shape index (κ3) is 2.63. The highest BCUT2D eigenvalue weighted by molar-refractivity contribution is 5.52. The SMILES string of the molecule is N#Cc1nc(N2CCCC[C@H]2CO)ccc1[N+](=O)[O-]. The highest BCUT2D eigenvalue weighted by atomic mass is 16.6. The van der Waals surface area contributed by atoms with Crippen molar-refractivity contribution >= 4 is 11.5 Å². The van der Waals surface area contributed by atoms with E-state index in [9.17, 15) is 15.2 Å². The molecule has 7 heteroatoms. The first-order chi connectivity index (χ1) is 9.17. The first kappa shape index (κ1) is 13.2. The van der Waals surface area contributed by atoms with Crippen LogP contribution >= 0.6 is 0 Å². The van der Waals surface area contributed by atoms with E-state index in [1.54, 1.807) is 6.07 Å². The molecule has 0 aliphatic carbocycles. The van der Waals surface area contributed by atoms with Gasteiger partial charge in [-0.3, -0.25) is 10.1 Å². The Kier molecular flexibility index (Phi) is 3.92. The fourth-order valence-electron chi connectivity index (χ4n) is 2.32. The predicted octanol–water partition coefficient (Wildman–Crippen LogP) is 1.21. The number of aromatic nitrogens is 1. The van der Waals surface area contributed by atoms with Crippen LogP contribution in [0.25, 0.3) is 0 Å². The second-order valence-corrected chi connectivity index (χ2v) is 4.43. The largest absolute Gasteiger partial charge is 0.394 e. The Morgan fingerprint density at radius 1 is 1.58 bits per heavy atom. The standard InChI is InChI=1S/C12H14N4O3/c13-7-10-11(16(18)19)4-5-12(14-10)15-6-2-1-3-9(15)8-17/h4-5,9,17H,1-3,6,8H2/t9-/m0/s1. The Balaban J connectivity index is 2.35. The number of nitrogens with zero attached hydrogens (tertiary/aromatic N) is 4. The van der Waals surface area contributed by atoms with E-state index in [2.05, 4.69) is 4.98 Å². The summed E-state index contributed by atoms with van der Waals surface area (Å²) < 4.78 is 0. The van der Waals surface area contributed by atoms with Crippen LogP contribution in [0.2, 0.25) is 0 Å². The molecule has 1 aromatic rings. The Morgan fingerprint density at radius 3 is 3.00 bits per heavy atom. The maximum Gasteiger partial charge on any atom is 0.305 e. The van der Waals surface area contributed by atoms with Crippen molar-refractivity contribution in [1.82, 2.24) is 4.98 Å². The predicted molar refractivity (Wildman–Crippen MR) is 67.7 cm³/mol. The van der Waals surface area contributed by atoms with E-state index in [1.807, 2.05) is 4.90 Å². The number of anilines is 1. The molecule has 0 radical (unpaired) electrons. The van der Waals surface area contributed by atoms with Crippen molar-refractivity contribution in [2.24, 2.45) is 0 Å². The maximum atomic E-state index is 10.7. The number of nitro groups is 1. The van der Waals surface area contributed by atoms with Crippen LogP contribution in [-0.4, -0.2) is 34.2 Å². The highest BCUT2D eigenvalue weighted by Gasteiger charge is 2.25. The van der Waals surface area contributed by atoms with Crippen LogP contribution < -0.4 is 4.90 Å². The van der Waals surface area contributed by atoms with Crippen LogP contribution in [-0.2, 0) is 0 Å². The maximum absolute atomic E-state index is 10.7. The molecule has 0 unspecified atom stereocenters. The summed E-state index contributed by atoms with van der Waals surface area (Å²) in [6.45, 7) is 0.751. The van der Waals surface area contributed by atoms with Crippen molar-refractivity contribution < 1.29 is 10.0 Å². The van der Waals surface area contributed by atoms with Crippen molar-refractivity contribution in [1.29, 1.82) is 5.26 Å². The van der Waals surface area contributed by atoms with Crippen LogP contribution in [0.3, 0.4) is 0 Å². The third-order valence-electron chi connectivity index (χ3n) is 3.29.